The Hall–Kier alpha value is -1.49. The number of aromatic amines is 1. The van der Waals surface area contributed by atoms with E-state index in [0.29, 0.717) is 16.4 Å². The number of benzene rings is 1. The Morgan fingerprint density at radius 3 is 2.88 bits per heavy atom. The summed E-state index contributed by atoms with van der Waals surface area (Å²) in [5.74, 6) is 0.523. The highest BCUT2D eigenvalue weighted by Crippen LogP contribution is 2.38. The largest absolute Gasteiger partial charge is 0.297 e. The number of rotatable bonds is 2. The summed E-state index contributed by atoms with van der Waals surface area (Å²) in [7, 11) is 0. The van der Waals surface area contributed by atoms with Gasteiger partial charge in [-0.25, -0.2) is 4.39 Å². The molecule has 2 aromatic rings. The third-order valence-corrected chi connectivity index (χ3v) is 3.33. The maximum atomic E-state index is 13.5. The van der Waals surface area contributed by atoms with Crippen molar-refractivity contribution in [2.75, 3.05) is 0 Å². The summed E-state index contributed by atoms with van der Waals surface area (Å²) >= 11 is 5.20. The lowest BCUT2D eigenvalue weighted by molar-refractivity contribution is 0.618. The molecule has 0 bridgehead atoms. The molecule has 0 atom stereocenters. The fourth-order valence-electron chi connectivity index (χ4n) is 1.91. The van der Waals surface area contributed by atoms with Crippen LogP contribution in [0.15, 0.2) is 18.2 Å². The molecule has 3 nitrogen and oxygen atoms in total. The number of nitrogens with one attached hydrogen (secondary N) is 1. The van der Waals surface area contributed by atoms with Gasteiger partial charge in [0.1, 0.15) is 5.82 Å². The molecule has 0 spiro atoms. The number of nitrogens with zero attached hydrogens (tertiary/aromatic N) is 2. The van der Waals surface area contributed by atoms with Crippen molar-refractivity contribution in [2.45, 2.75) is 25.8 Å². The van der Waals surface area contributed by atoms with Crippen molar-refractivity contribution in [3.63, 3.8) is 0 Å². The predicted octanol–water partition coefficient (Wildman–Crippen LogP) is 3.39. The van der Waals surface area contributed by atoms with Crippen LogP contribution in [0, 0.1) is 17.5 Å². The van der Waals surface area contributed by atoms with Crippen LogP contribution in [0.3, 0.4) is 0 Å². The van der Waals surface area contributed by atoms with Crippen molar-refractivity contribution in [2.24, 2.45) is 0 Å². The molecule has 1 saturated carbocycles. The first-order chi connectivity index (χ1) is 8.16. The molecular formula is C12H12FN3S. The Balaban J connectivity index is 2.14. The SMILES string of the molecule is Cc1ccc(-c2n[nH]c(=S)n2C2CC2)cc1F. The summed E-state index contributed by atoms with van der Waals surface area (Å²) in [6, 6.07) is 5.58. The molecular weight excluding hydrogens is 237 g/mol. The van der Waals surface area contributed by atoms with E-state index >= 15 is 0 Å². The van der Waals surface area contributed by atoms with Crippen LogP contribution in [0.5, 0.6) is 0 Å². The zero-order chi connectivity index (χ0) is 12.0. The van der Waals surface area contributed by atoms with Gasteiger partial charge in [-0.15, -0.1) is 0 Å². The number of aryl methyl sites for hydroxylation is 1. The molecule has 5 heteroatoms. The Kier molecular flexibility index (Phi) is 2.36. The molecule has 88 valence electrons. The number of hydrogen-bond acceptors (Lipinski definition) is 2. The van der Waals surface area contributed by atoms with E-state index < -0.39 is 0 Å². The average molecular weight is 249 g/mol. The standard InChI is InChI=1S/C12H12FN3S/c1-7-2-3-8(6-10(7)13)11-14-15-12(17)16(11)9-4-5-9/h2-3,6,9H,4-5H2,1H3,(H,15,17). The molecule has 1 aromatic heterocycles. The highest BCUT2D eigenvalue weighted by atomic mass is 32.1. The van der Waals surface area contributed by atoms with Gasteiger partial charge in [-0.1, -0.05) is 12.1 Å². The van der Waals surface area contributed by atoms with E-state index in [1.165, 1.54) is 6.07 Å². The van der Waals surface area contributed by atoms with Crippen LogP contribution < -0.4 is 0 Å². The third kappa shape index (κ3) is 1.80. The maximum Gasteiger partial charge on any atom is 0.195 e. The quantitative estimate of drug-likeness (QED) is 0.828. The smallest absolute Gasteiger partial charge is 0.195 e. The Labute approximate surface area is 103 Å². The second kappa shape index (κ2) is 3.77. The molecule has 17 heavy (non-hydrogen) atoms. The van der Waals surface area contributed by atoms with Gasteiger partial charge in [-0.3, -0.25) is 9.67 Å². The van der Waals surface area contributed by atoms with Gasteiger partial charge in [0.05, 0.1) is 0 Å². The predicted molar refractivity (Wildman–Crippen MR) is 65.8 cm³/mol. The lowest BCUT2D eigenvalue weighted by Gasteiger charge is -2.05. The molecule has 0 radical (unpaired) electrons. The van der Waals surface area contributed by atoms with Gasteiger partial charge in [0.25, 0.3) is 0 Å². The number of aromatic nitrogens is 3. The molecule has 1 aromatic carbocycles. The molecule has 0 saturated heterocycles. The minimum Gasteiger partial charge on any atom is -0.297 e. The van der Waals surface area contributed by atoms with Gasteiger partial charge in [0, 0.05) is 11.6 Å². The van der Waals surface area contributed by atoms with Gasteiger partial charge < -0.3 is 0 Å². The molecule has 1 heterocycles. The molecule has 1 aliphatic rings. The second-order valence-corrected chi connectivity index (χ2v) is 4.80. The summed E-state index contributed by atoms with van der Waals surface area (Å²) in [6.45, 7) is 1.75. The monoisotopic (exact) mass is 249 g/mol. The zero-order valence-corrected chi connectivity index (χ0v) is 10.2. The molecule has 1 fully saturated rings. The van der Waals surface area contributed by atoms with Crippen LogP contribution in [-0.2, 0) is 0 Å². The van der Waals surface area contributed by atoms with E-state index in [1.807, 2.05) is 10.6 Å². The van der Waals surface area contributed by atoms with Crippen molar-refractivity contribution in [1.29, 1.82) is 0 Å². The molecule has 1 aliphatic carbocycles. The summed E-state index contributed by atoms with van der Waals surface area (Å²) in [6.07, 6.45) is 2.24. The minimum atomic E-state index is -0.209. The van der Waals surface area contributed by atoms with Gasteiger partial charge in [0.15, 0.2) is 10.6 Å². The van der Waals surface area contributed by atoms with E-state index in [4.69, 9.17) is 12.2 Å². The van der Waals surface area contributed by atoms with Gasteiger partial charge in [0.2, 0.25) is 0 Å². The fourth-order valence-corrected chi connectivity index (χ4v) is 2.19. The van der Waals surface area contributed by atoms with E-state index in [9.17, 15) is 4.39 Å². The van der Waals surface area contributed by atoms with Crippen molar-refractivity contribution in [1.82, 2.24) is 14.8 Å². The lowest BCUT2D eigenvalue weighted by atomic mass is 10.1. The van der Waals surface area contributed by atoms with E-state index in [1.54, 1.807) is 13.0 Å². The van der Waals surface area contributed by atoms with Crippen molar-refractivity contribution < 1.29 is 4.39 Å². The second-order valence-electron chi connectivity index (χ2n) is 4.42. The lowest BCUT2D eigenvalue weighted by Crippen LogP contribution is -1.98. The summed E-state index contributed by atoms with van der Waals surface area (Å²) < 4.78 is 16.1. The zero-order valence-electron chi connectivity index (χ0n) is 9.40. The number of H-pyrrole nitrogens is 1. The molecule has 1 N–H and O–H groups in total. The van der Waals surface area contributed by atoms with Crippen molar-refractivity contribution >= 4 is 12.2 Å². The highest BCUT2D eigenvalue weighted by molar-refractivity contribution is 7.71. The summed E-state index contributed by atoms with van der Waals surface area (Å²) in [4.78, 5) is 0. The topological polar surface area (TPSA) is 33.6 Å². The summed E-state index contributed by atoms with van der Waals surface area (Å²) in [5, 5.41) is 6.98. The van der Waals surface area contributed by atoms with Gasteiger partial charge in [-0.2, -0.15) is 5.10 Å². The van der Waals surface area contributed by atoms with Crippen molar-refractivity contribution in [3.05, 3.63) is 34.4 Å². The van der Waals surface area contributed by atoms with Crippen LogP contribution in [-0.4, -0.2) is 14.8 Å². The first kappa shape index (κ1) is 10.7. The highest BCUT2D eigenvalue weighted by Gasteiger charge is 2.27. The molecule has 0 aliphatic heterocycles. The molecule has 3 rings (SSSR count). The fraction of sp³-hybridized carbons (Fsp3) is 0.333. The minimum absolute atomic E-state index is 0.209. The average Bonchev–Trinajstić information content (AvgIpc) is 3.06. The van der Waals surface area contributed by atoms with Gasteiger partial charge >= 0.3 is 0 Å². The van der Waals surface area contributed by atoms with E-state index in [-0.39, 0.29) is 5.82 Å². The Morgan fingerprint density at radius 2 is 2.24 bits per heavy atom. The van der Waals surface area contributed by atoms with Gasteiger partial charge in [-0.05, 0) is 43.6 Å². The number of hydrogen-bond donors (Lipinski definition) is 1. The molecule has 0 amide bonds. The van der Waals surface area contributed by atoms with Crippen LogP contribution in [0.4, 0.5) is 4.39 Å². The summed E-state index contributed by atoms with van der Waals surface area (Å²) in [5.41, 5.74) is 1.41. The van der Waals surface area contributed by atoms with Crippen LogP contribution in [0.25, 0.3) is 11.4 Å². The number of halogens is 1. The molecule has 0 unspecified atom stereocenters. The first-order valence-corrected chi connectivity index (χ1v) is 6.01. The van der Waals surface area contributed by atoms with E-state index in [0.717, 1.165) is 24.2 Å². The maximum absolute atomic E-state index is 13.5. The van der Waals surface area contributed by atoms with Crippen LogP contribution in [0.1, 0.15) is 24.4 Å². The van der Waals surface area contributed by atoms with Crippen LogP contribution in [0.2, 0.25) is 0 Å². The van der Waals surface area contributed by atoms with Crippen molar-refractivity contribution in [3.8, 4) is 11.4 Å². The third-order valence-electron chi connectivity index (χ3n) is 3.05. The Bertz CT molecular complexity index is 625. The van der Waals surface area contributed by atoms with E-state index in [2.05, 4.69) is 10.2 Å². The van der Waals surface area contributed by atoms with Crippen LogP contribution >= 0.6 is 12.2 Å². The normalized spacial score (nSPS) is 15.2. The Morgan fingerprint density at radius 1 is 1.47 bits per heavy atom. The first-order valence-electron chi connectivity index (χ1n) is 5.60.